The van der Waals surface area contributed by atoms with E-state index in [0.717, 1.165) is 39.7 Å². The van der Waals surface area contributed by atoms with Gasteiger partial charge in [0.15, 0.2) is 0 Å². The first-order valence-electron chi connectivity index (χ1n) is 10.7. The average molecular weight is 410 g/mol. The number of hydrogen-bond donors (Lipinski definition) is 1. The van der Waals surface area contributed by atoms with Gasteiger partial charge in [-0.2, -0.15) is 0 Å². The van der Waals surface area contributed by atoms with E-state index in [1.54, 1.807) is 0 Å². The summed E-state index contributed by atoms with van der Waals surface area (Å²) in [4.78, 5) is 12.4. The van der Waals surface area contributed by atoms with Gasteiger partial charge in [-0.25, -0.2) is 4.79 Å². The number of esters is 1. The Morgan fingerprint density at radius 3 is 2.16 bits per heavy atom. The Labute approximate surface area is 183 Å². The monoisotopic (exact) mass is 409 g/mol. The molecule has 0 saturated heterocycles. The molecule has 1 atom stereocenters. The summed E-state index contributed by atoms with van der Waals surface area (Å²) in [6.45, 7) is 4.46. The molecule has 0 aliphatic heterocycles. The fourth-order valence-electron chi connectivity index (χ4n) is 3.88. The van der Waals surface area contributed by atoms with Crippen molar-refractivity contribution in [1.29, 1.82) is 0 Å². The van der Waals surface area contributed by atoms with Gasteiger partial charge >= 0.3 is 5.97 Å². The summed E-state index contributed by atoms with van der Waals surface area (Å²) >= 11 is 0. The standard InChI is InChI=1S/C28H27NO2/c1-4-19(2)20-9-14-23(15-10-20)29-24-16-11-22(12-17-24)27-25-8-6-5-7-21(25)13-18-26(27)28(30)31-3/h5-19,29H,4H2,1-3H3. The minimum Gasteiger partial charge on any atom is -0.465 e. The van der Waals surface area contributed by atoms with E-state index in [4.69, 9.17) is 4.74 Å². The number of hydrogen-bond acceptors (Lipinski definition) is 3. The van der Waals surface area contributed by atoms with Crippen LogP contribution in [0.15, 0.2) is 84.9 Å². The summed E-state index contributed by atoms with van der Waals surface area (Å²) in [5, 5.41) is 5.59. The summed E-state index contributed by atoms with van der Waals surface area (Å²) < 4.78 is 5.03. The second-order valence-corrected chi connectivity index (χ2v) is 7.83. The normalized spacial score (nSPS) is 11.8. The maximum absolute atomic E-state index is 12.4. The maximum Gasteiger partial charge on any atom is 0.338 e. The molecule has 1 unspecified atom stereocenters. The molecule has 0 spiro atoms. The first kappa shape index (κ1) is 20.7. The second-order valence-electron chi connectivity index (χ2n) is 7.83. The van der Waals surface area contributed by atoms with E-state index in [2.05, 4.69) is 49.5 Å². The van der Waals surface area contributed by atoms with Gasteiger partial charge in [0.2, 0.25) is 0 Å². The smallest absolute Gasteiger partial charge is 0.338 e. The summed E-state index contributed by atoms with van der Waals surface area (Å²) in [6, 6.07) is 28.7. The SMILES string of the molecule is CCC(C)c1ccc(Nc2ccc(-c3c(C(=O)OC)ccc4ccccc34)cc2)cc1. The van der Waals surface area contributed by atoms with Crippen molar-refractivity contribution in [2.75, 3.05) is 12.4 Å². The van der Waals surface area contributed by atoms with Crippen molar-refractivity contribution in [3.63, 3.8) is 0 Å². The highest BCUT2D eigenvalue weighted by Crippen LogP contribution is 2.34. The Kier molecular flexibility index (Phi) is 6.03. The highest BCUT2D eigenvalue weighted by molar-refractivity contribution is 6.08. The number of carbonyl (C=O) groups excluding carboxylic acids is 1. The number of benzene rings is 4. The van der Waals surface area contributed by atoms with Crippen LogP contribution in [0.5, 0.6) is 0 Å². The minimum absolute atomic E-state index is 0.329. The molecule has 4 aromatic rings. The van der Waals surface area contributed by atoms with Crippen molar-refractivity contribution < 1.29 is 9.53 Å². The number of fused-ring (bicyclic) bond motifs is 1. The predicted molar refractivity (Wildman–Crippen MR) is 129 cm³/mol. The molecule has 156 valence electrons. The molecular weight excluding hydrogens is 382 g/mol. The summed E-state index contributed by atoms with van der Waals surface area (Å²) in [5.74, 6) is 0.238. The first-order chi connectivity index (χ1) is 15.1. The molecule has 3 heteroatoms. The molecule has 0 aromatic heterocycles. The third-order valence-corrected chi connectivity index (χ3v) is 5.89. The number of rotatable bonds is 6. The van der Waals surface area contributed by atoms with E-state index in [-0.39, 0.29) is 5.97 Å². The van der Waals surface area contributed by atoms with Crippen LogP contribution in [0, 0.1) is 0 Å². The Bertz CT molecular complexity index is 1190. The Hall–Kier alpha value is -3.59. The largest absolute Gasteiger partial charge is 0.465 e. The summed E-state index contributed by atoms with van der Waals surface area (Å²) in [7, 11) is 1.42. The first-order valence-corrected chi connectivity index (χ1v) is 10.7. The molecule has 0 heterocycles. The third kappa shape index (κ3) is 4.31. The van der Waals surface area contributed by atoms with Crippen LogP contribution in [0.3, 0.4) is 0 Å². The third-order valence-electron chi connectivity index (χ3n) is 5.89. The fraction of sp³-hybridized carbons (Fsp3) is 0.179. The predicted octanol–water partition coefficient (Wildman–Crippen LogP) is 7.55. The van der Waals surface area contributed by atoms with Crippen LogP contribution < -0.4 is 5.32 Å². The molecule has 4 rings (SSSR count). The molecule has 0 radical (unpaired) electrons. The molecule has 0 aliphatic carbocycles. The average Bonchev–Trinajstić information content (AvgIpc) is 2.83. The van der Waals surface area contributed by atoms with Crippen molar-refractivity contribution in [3.8, 4) is 11.1 Å². The number of carbonyl (C=O) groups is 1. The molecule has 1 N–H and O–H groups in total. The highest BCUT2D eigenvalue weighted by Gasteiger charge is 2.16. The van der Waals surface area contributed by atoms with Crippen LogP contribution in [0.4, 0.5) is 11.4 Å². The summed E-state index contributed by atoms with van der Waals surface area (Å²) in [6.07, 6.45) is 1.13. The Morgan fingerprint density at radius 1 is 0.871 bits per heavy atom. The molecule has 31 heavy (non-hydrogen) atoms. The van der Waals surface area contributed by atoms with Crippen molar-refractivity contribution >= 4 is 28.1 Å². The fourth-order valence-corrected chi connectivity index (χ4v) is 3.88. The topological polar surface area (TPSA) is 38.3 Å². The van der Waals surface area contributed by atoms with E-state index < -0.39 is 0 Å². The molecule has 0 aliphatic rings. The molecule has 4 aromatic carbocycles. The molecule has 0 fully saturated rings. The lowest BCUT2D eigenvalue weighted by atomic mass is 9.93. The van der Waals surface area contributed by atoms with Crippen LogP contribution in [-0.4, -0.2) is 13.1 Å². The van der Waals surface area contributed by atoms with Gasteiger partial charge in [-0.15, -0.1) is 0 Å². The van der Waals surface area contributed by atoms with Crippen molar-refractivity contribution in [1.82, 2.24) is 0 Å². The van der Waals surface area contributed by atoms with Crippen LogP contribution in [0.1, 0.15) is 42.1 Å². The van der Waals surface area contributed by atoms with Crippen LogP contribution >= 0.6 is 0 Å². The number of anilines is 2. The van der Waals surface area contributed by atoms with Crippen molar-refractivity contribution in [2.45, 2.75) is 26.2 Å². The lowest BCUT2D eigenvalue weighted by Crippen LogP contribution is -2.04. The molecule has 3 nitrogen and oxygen atoms in total. The number of methoxy groups -OCH3 is 1. The molecule has 0 saturated carbocycles. The van der Waals surface area contributed by atoms with Gasteiger partial charge in [0.1, 0.15) is 0 Å². The van der Waals surface area contributed by atoms with Crippen LogP contribution in [-0.2, 0) is 4.74 Å². The molecule has 0 amide bonds. The van der Waals surface area contributed by atoms with E-state index >= 15 is 0 Å². The van der Waals surface area contributed by atoms with Crippen LogP contribution in [0.2, 0.25) is 0 Å². The Morgan fingerprint density at radius 2 is 1.52 bits per heavy atom. The van der Waals surface area contributed by atoms with E-state index in [1.165, 1.54) is 12.7 Å². The number of ether oxygens (including phenoxy) is 1. The van der Waals surface area contributed by atoms with Gasteiger partial charge in [-0.05, 0) is 64.6 Å². The summed E-state index contributed by atoms with van der Waals surface area (Å²) in [5.41, 5.74) is 5.86. The minimum atomic E-state index is -0.329. The van der Waals surface area contributed by atoms with Gasteiger partial charge < -0.3 is 10.1 Å². The van der Waals surface area contributed by atoms with Gasteiger partial charge in [0.25, 0.3) is 0 Å². The van der Waals surface area contributed by atoms with Crippen molar-refractivity contribution in [3.05, 3.63) is 96.1 Å². The van der Waals surface area contributed by atoms with E-state index in [1.807, 2.05) is 54.6 Å². The maximum atomic E-state index is 12.4. The van der Waals surface area contributed by atoms with Gasteiger partial charge in [-0.3, -0.25) is 0 Å². The van der Waals surface area contributed by atoms with Crippen molar-refractivity contribution in [2.24, 2.45) is 0 Å². The second kappa shape index (κ2) is 9.05. The quantitative estimate of drug-likeness (QED) is 0.334. The zero-order chi connectivity index (χ0) is 21.8. The zero-order valence-corrected chi connectivity index (χ0v) is 18.2. The Balaban J connectivity index is 1.65. The lowest BCUT2D eigenvalue weighted by Gasteiger charge is -2.14. The van der Waals surface area contributed by atoms with Gasteiger partial charge in [0, 0.05) is 16.9 Å². The van der Waals surface area contributed by atoms with Gasteiger partial charge in [0.05, 0.1) is 12.7 Å². The van der Waals surface area contributed by atoms with Gasteiger partial charge in [-0.1, -0.05) is 68.4 Å². The number of nitrogens with one attached hydrogen (secondary N) is 1. The zero-order valence-electron chi connectivity index (χ0n) is 18.2. The van der Waals surface area contributed by atoms with Crippen LogP contribution in [0.25, 0.3) is 21.9 Å². The molecular formula is C28H27NO2. The highest BCUT2D eigenvalue weighted by atomic mass is 16.5. The molecule has 0 bridgehead atoms. The lowest BCUT2D eigenvalue weighted by molar-refractivity contribution is 0.0602. The van der Waals surface area contributed by atoms with E-state index in [9.17, 15) is 4.79 Å². The van der Waals surface area contributed by atoms with E-state index in [0.29, 0.717) is 11.5 Å².